The second kappa shape index (κ2) is 6.33. The van der Waals surface area contributed by atoms with Gasteiger partial charge in [-0.25, -0.2) is 9.59 Å². The molecule has 0 atom stereocenters. The summed E-state index contributed by atoms with van der Waals surface area (Å²) in [6.07, 6.45) is 0. The molecule has 0 aromatic heterocycles. The molecule has 0 radical (unpaired) electrons. The quantitative estimate of drug-likeness (QED) is 0.631. The third-order valence-electron chi connectivity index (χ3n) is 2.43. The van der Waals surface area contributed by atoms with Crippen LogP contribution in [0.25, 0.3) is 0 Å². The molecule has 0 aliphatic rings. The Labute approximate surface area is 116 Å². The Morgan fingerprint density at radius 3 is 1.40 bits per heavy atom. The third-order valence-corrected chi connectivity index (χ3v) is 2.43. The fraction of sp³-hybridized carbons (Fsp3) is 0. The minimum atomic E-state index is -0.628. The lowest BCUT2D eigenvalue weighted by Crippen LogP contribution is -2.10. The molecule has 2 rings (SSSR count). The van der Waals surface area contributed by atoms with E-state index in [1.807, 2.05) is 0 Å². The standard InChI is InChI=1S/C16H12O4/c1-12(19-15(17)13-8-4-2-5-9-13)20-16(18)14-10-6-3-7-11-14/h2-11H,1H2. The van der Waals surface area contributed by atoms with E-state index in [4.69, 9.17) is 9.47 Å². The summed E-state index contributed by atoms with van der Waals surface area (Å²) in [6.45, 7) is 3.40. The molecule has 0 heterocycles. The number of hydrogen-bond acceptors (Lipinski definition) is 4. The molecule has 4 nitrogen and oxygen atoms in total. The van der Waals surface area contributed by atoms with E-state index in [9.17, 15) is 9.59 Å². The number of rotatable bonds is 4. The van der Waals surface area contributed by atoms with Crippen LogP contribution < -0.4 is 0 Å². The zero-order valence-electron chi connectivity index (χ0n) is 10.6. The maximum Gasteiger partial charge on any atom is 0.345 e. The van der Waals surface area contributed by atoms with Crippen LogP contribution in [0.1, 0.15) is 20.7 Å². The summed E-state index contributed by atoms with van der Waals surface area (Å²) in [7, 11) is 0. The second-order valence-corrected chi connectivity index (χ2v) is 3.88. The first kappa shape index (κ1) is 13.5. The van der Waals surface area contributed by atoms with Gasteiger partial charge in [-0.05, 0) is 30.8 Å². The van der Waals surface area contributed by atoms with Crippen LogP contribution in [0.2, 0.25) is 0 Å². The van der Waals surface area contributed by atoms with Crippen molar-refractivity contribution in [2.75, 3.05) is 0 Å². The van der Waals surface area contributed by atoms with E-state index < -0.39 is 11.9 Å². The first-order valence-electron chi connectivity index (χ1n) is 5.90. The molecule has 0 spiro atoms. The van der Waals surface area contributed by atoms with Crippen LogP contribution in [0, 0.1) is 0 Å². The Morgan fingerprint density at radius 1 is 0.700 bits per heavy atom. The summed E-state index contributed by atoms with van der Waals surface area (Å²) in [6, 6.07) is 16.7. The summed E-state index contributed by atoms with van der Waals surface area (Å²) >= 11 is 0. The van der Waals surface area contributed by atoms with Crippen LogP contribution in [0.15, 0.2) is 73.2 Å². The molecular weight excluding hydrogens is 256 g/mol. The predicted molar refractivity (Wildman–Crippen MR) is 72.9 cm³/mol. The normalized spacial score (nSPS) is 9.60. The van der Waals surface area contributed by atoms with Gasteiger partial charge in [0.1, 0.15) is 0 Å². The maximum atomic E-state index is 11.7. The van der Waals surface area contributed by atoms with Crippen LogP contribution in [-0.2, 0) is 9.47 Å². The van der Waals surface area contributed by atoms with Gasteiger partial charge in [-0.2, -0.15) is 0 Å². The van der Waals surface area contributed by atoms with Crippen molar-refractivity contribution in [2.45, 2.75) is 0 Å². The molecule has 0 N–H and O–H groups in total. The van der Waals surface area contributed by atoms with Gasteiger partial charge in [-0.1, -0.05) is 36.4 Å². The molecule has 0 fully saturated rings. The highest BCUT2D eigenvalue weighted by molar-refractivity contribution is 5.91. The van der Waals surface area contributed by atoms with Crippen molar-refractivity contribution in [3.05, 3.63) is 84.3 Å². The van der Waals surface area contributed by atoms with Gasteiger partial charge in [0.15, 0.2) is 0 Å². The van der Waals surface area contributed by atoms with Gasteiger partial charge in [0, 0.05) is 0 Å². The van der Waals surface area contributed by atoms with Gasteiger partial charge >= 0.3 is 11.9 Å². The Kier molecular flexibility index (Phi) is 4.29. The largest absolute Gasteiger partial charge is 0.389 e. The Morgan fingerprint density at radius 2 is 1.05 bits per heavy atom. The molecular formula is C16H12O4. The first-order chi connectivity index (χ1) is 9.66. The number of carbonyl (C=O) groups is 2. The number of hydrogen-bond donors (Lipinski definition) is 0. The average Bonchev–Trinajstić information content (AvgIpc) is 2.49. The molecule has 0 unspecified atom stereocenters. The highest BCUT2D eigenvalue weighted by Gasteiger charge is 2.13. The van der Waals surface area contributed by atoms with E-state index in [-0.39, 0.29) is 5.95 Å². The molecule has 0 amide bonds. The van der Waals surface area contributed by atoms with E-state index in [1.54, 1.807) is 60.7 Å². The summed E-state index contributed by atoms with van der Waals surface area (Å²) in [5, 5.41) is 0. The van der Waals surface area contributed by atoms with Gasteiger partial charge in [0.25, 0.3) is 5.95 Å². The monoisotopic (exact) mass is 268 g/mol. The summed E-state index contributed by atoms with van der Waals surface area (Å²) in [4.78, 5) is 23.4. The molecule has 0 aliphatic carbocycles. The number of benzene rings is 2. The Hall–Kier alpha value is -2.88. The van der Waals surface area contributed by atoms with Crippen LogP contribution in [0.3, 0.4) is 0 Å². The van der Waals surface area contributed by atoms with Crippen molar-refractivity contribution in [1.82, 2.24) is 0 Å². The molecule has 2 aromatic rings. The summed E-state index contributed by atoms with van der Waals surface area (Å²) < 4.78 is 9.70. The summed E-state index contributed by atoms with van der Waals surface area (Å²) in [5.74, 6) is -1.61. The minimum absolute atomic E-state index is 0.351. The zero-order valence-corrected chi connectivity index (χ0v) is 10.6. The molecule has 0 aliphatic heterocycles. The molecule has 20 heavy (non-hydrogen) atoms. The van der Waals surface area contributed by atoms with Gasteiger partial charge in [-0.15, -0.1) is 0 Å². The fourth-order valence-electron chi connectivity index (χ4n) is 1.49. The lowest BCUT2D eigenvalue weighted by atomic mass is 10.2. The van der Waals surface area contributed by atoms with Crippen molar-refractivity contribution in [3.8, 4) is 0 Å². The molecule has 4 heteroatoms. The number of esters is 2. The Balaban J connectivity index is 1.93. The van der Waals surface area contributed by atoms with E-state index >= 15 is 0 Å². The molecule has 0 bridgehead atoms. The van der Waals surface area contributed by atoms with E-state index in [2.05, 4.69) is 6.58 Å². The third kappa shape index (κ3) is 3.55. The topological polar surface area (TPSA) is 52.6 Å². The SMILES string of the molecule is C=C(OC(=O)c1ccccc1)OC(=O)c1ccccc1. The van der Waals surface area contributed by atoms with Crippen molar-refractivity contribution < 1.29 is 19.1 Å². The second-order valence-electron chi connectivity index (χ2n) is 3.88. The fourth-order valence-corrected chi connectivity index (χ4v) is 1.49. The average molecular weight is 268 g/mol. The maximum absolute atomic E-state index is 11.7. The highest BCUT2D eigenvalue weighted by Crippen LogP contribution is 2.09. The van der Waals surface area contributed by atoms with Crippen molar-refractivity contribution in [1.29, 1.82) is 0 Å². The lowest BCUT2D eigenvalue weighted by molar-refractivity contribution is 0.0241. The zero-order chi connectivity index (χ0) is 14.4. The van der Waals surface area contributed by atoms with Gasteiger partial charge in [0.2, 0.25) is 0 Å². The summed E-state index contributed by atoms with van der Waals surface area (Å²) in [5.41, 5.74) is 0.703. The van der Waals surface area contributed by atoms with Gasteiger partial charge < -0.3 is 9.47 Å². The van der Waals surface area contributed by atoms with Crippen molar-refractivity contribution in [2.24, 2.45) is 0 Å². The van der Waals surface area contributed by atoms with Crippen LogP contribution in [0.5, 0.6) is 0 Å². The Bertz CT molecular complexity index is 562. The predicted octanol–water partition coefficient (Wildman–Crippen LogP) is 3.17. The van der Waals surface area contributed by atoms with Crippen LogP contribution >= 0.6 is 0 Å². The first-order valence-corrected chi connectivity index (χ1v) is 5.90. The van der Waals surface area contributed by atoms with E-state index in [1.165, 1.54) is 0 Å². The van der Waals surface area contributed by atoms with Gasteiger partial charge in [-0.3, -0.25) is 0 Å². The highest BCUT2D eigenvalue weighted by atomic mass is 16.7. The van der Waals surface area contributed by atoms with E-state index in [0.29, 0.717) is 11.1 Å². The molecule has 100 valence electrons. The van der Waals surface area contributed by atoms with Crippen molar-refractivity contribution >= 4 is 11.9 Å². The van der Waals surface area contributed by atoms with Crippen LogP contribution in [0.4, 0.5) is 0 Å². The minimum Gasteiger partial charge on any atom is -0.389 e. The van der Waals surface area contributed by atoms with Gasteiger partial charge in [0.05, 0.1) is 11.1 Å². The smallest absolute Gasteiger partial charge is 0.345 e. The number of ether oxygens (including phenoxy) is 2. The van der Waals surface area contributed by atoms with E-state index in [0.717, 1.165) is 0 Å². The molecule has 0 saturated heterocycles. The molecule has 2 aromatic carbocycles. The lowest BCUT2D eigenvalue weighted by Gasteiger charge is -2.07. The number of carbonyl (C=O) groups excluding carboxylic acids is 2. The van der Waals surface area contributed by atoms with Crippen molar-refractivity contribution in [3.63, 3.8) is 0 Å². The molecule has 0 saturated carbocycles. The van der Waals surface area contributed by atoms with Crippen LogP contribution in [-0.4, -0.2) is 11.9 Å².